The molecule has 1 aliphatic rings. The molecular weight excluding hydrogens is 252 g/mol. The van der Waals surface area contributed by atoms with E-state index in [1.54, 1.807) is 0 Å². The Morgan fingerprint density at radius 2 is 2.16 bits per heavy atom. The maximum absolute atomic E-state index is 4.63. The monoisotopic (exact) mass is 280 g/mol. The molecule has 1 aromatic heterocycles. The Kier molecular flexibility index (Phi) is 5.40. The third-order valence-corrected chi connectivity index (χ3v) is 5.44. The molecule has 3 atom stereocenters. The fraction of sp³-hybridized carbons (Fsp3) is 0.812. The first-order valence-electron chi connectivity index (χ1n) is 7.79. The van der Waals surface area contributed by atoms with Gasteiger partial charge in [-0.25, -0.2) is 4.98 Å². The van der Waals surface area contributed by atoms with Crippen LogP contribution < -0.4 is 5.32 Å². The molecule has 1 saturated carbocycles. The van der Waals surface area contributed by atoms with Crippen LogP contribution >= 0.6 is 11.3 Å². The van der Waals surface area contributed by atoms with Crippen LogP contribution in [-0.4, -0.2) is 11.5 Å². The van der Waals surface area contributed by atoms with Crippen molar-refractivity contribution in [3.05, 3.63) is 15.6 Å². The van der Waals surface area contributed by atoms with Crippen molar-refractivity contribution in [3.63, 3.8) is 0 Å². The molecule has 2 nitrogen and oxygen atoms in total. The van der Waals surface area contributed by atoms with Crippen LogP contribution in [0.3, 0.4) is 0 Å². The smallest absolute Gasteiger partial charge is 0.0900 e. The molecule has 0 amide bonds. The molecule has 2 rings (SSSR count). The van der Waals surface area contributed by atoms with Crippen molar-refractivity contribution in [2.45, 2.75) is 65.8 Å². The lowest BCUT2D eigenvalue weighted by Gasteiger charge is -2.33. The molecule has 108 valence electrons. The first-order chi connectivity index (χ1) is 9.11. The summed E-state index contributed by atoms with van der Waals surface area (Å²) >= 11 is 1.89. The molecule has 1 aliphatic carbocycles. The molecule has 19 heavy (non-hydrogen) atoms. The number of nitrogens with zero attached hydrogens (tertiary/aromatic N) is 1. The number of aromatic nitrogens is 1. The lowest BCUT2D eigenvalue weighted by molar-refractivity contribution is 0.225. The fourth-order valence-corrected chi connectivity index (χ4v) is 4.49. The minimum atomic E-state index is 0.536. The van der Waals surface area contributed by atoms with Crippen molar-refractivity contribution in [1.29, 1.82) is 0 Å². The summed E-state index contributed by atoms with van der Waals surface area (Å²) < 4.78 is 0. The molecule has 1 aromatic rings. The molecule has 3 heteroatoms. The maximum atomic E-state index is 4.63. The van der Waals surface area contributed by atoms with Crippen molar-refractivity contribution in [2.75, 3.05) is 6.54 Å². The predicted molar refractivity (Wildman–Crippen MR) is 83.7 cm³/mol. The van der Waals surface area contributed by atoms with E-state index in [1.165, 1.54) is 47.7 Å². The Morgan fingerprint density at radius 3 is 2.74 bits per heavy atom. The second kappa shape index (κ2) is 6.85. The average molecular weight is 280 g/mol. The van der Waals surface area contributed by atoms with E-state index in [9.17, 15) is 0 Å². The highest BCUT2D eigenvalue weighted by Gasteiger charge is 2.29. The van der Waals surface area contributed by atoms with E-state index in [1.807, 2.05) is 11.3 Å². The summed E-state index contributed by atoms with van der Waals surface area (Å²) in [6.07, 6.45) is 6.76. The van der Waals surface area contributed by atoms with Gasteiger partial charge in [0.25, 0.3) is 0 Å². The van der Waals surface area contributed by atoms with Gasteiger partial charge in [0.15, 0.2) is 0 Å². The number of thiazole rings is 1. The van der Waals surface area contributed by atoms with Gasteiger partial charge >= 0.3 is 0 Å². The zero-order valence-corrected chi connectivity index (χ0v) is 13.6. The minimum Gasteiger partial charge on any atom is -0.309 e. The van der Waals surface area contributed by atoms with Crippen LogP contribution in [0, 0.1) is 25.7 Å². The van der Waals surface area contributed by atoms with Gasteiger partial charge in [-0.1, -0.05) is 26.7 Å². The summed E-state index contributed by atoms with van der Waals surface area (Å²) in [4.78, 5) is 6.12. The van der Waals surface area contributed by atoms with Gasteiger partial charge in [0.1, 0.15) is 0 Å². The van der Waals surface area contributed by atoms with Crippen molar-refractivity contribution in [3.8, 4) is 0 Å². The van der Waals surface area contributed by atoms with Gasteiger partial charge in [0.05, 0.1) is 10.7 Å². The summed E-state index contributed by atoms with van der Waals surface area (Å²) in [5.74, 6) is 1.69. The Morgan fingerprint density at radius 1 is 1.37 bits per heavy atom. The van der Waals surface area contributed by atoms with Gasteiger partial charge in [0.2, 0.25) is 0 Å². The lowest BCUT2D eigenvalue weighted by atomic mass is 9.78. The third kappa shape index (κ3) is 3.79. The van der Waals surface area contributed by atoms with Gasteiger partial charge in [-0.3, -0.25) is 0 Å². The molecule has 1 fully saturated rings. The van der Waals surface area contributed by atoms with Crippen molar-refractivity contribution >= 4 is 11.3 Å². The summed E-state index contributed by atoms with van der Waals surface area (Å²) in [6, 6.07) is 0.536. The van der Waals surface area contributed by atoms with Gasteiger partial charge < -0.3 is 5.32 Å². The Labute approximate surface area is 122 Å². The van der Waals surface area contributed by atoms with Crippen LogP contribution in [0.15, 0.2) is 0 Å². The van der Waals surface area contributed by atoms with Crippen LogP contribution in [0.25, 0.3) is 0 Å². The zero-order chi connectivity index (χ0) is 13.8. The molecule has 0 saturated heterocycles. The van der Waals surface area contributed by atoms with E-state index in [0.29, 0.717) is 6.04 Å². The first-order valence-corrected chi connectivity index (χ1v) is 8.60. The summed E-state index contributed by atoms with van der Waals surface area (Å²) in [6.45, 7) is 10.1. The van der Waals surface area contributed by atoms with Crippen LogP contribution in [0.2, 0.25) is 0 Å². The fourth-order valence-electron chi connectivity index (χ4n) is 3.39. The van der Waals surface area contributed by atoms with Crippen molar-refractivity contribution in [1.82, 2.24) is 10.3 Å². The third-order valence-electron chi connectivity index (χ3n) is 4.28. The Hall–Kier alpha value is -0.410. The van der Waals surface area contributed by atoms with E-state index < -0.39 is 0 Å². The van der Waals surface area contributed by atoms with Crippen LogP contribution in [0.1, 0.15) is 67.6 Å². The van der Waals surface area contributed by atoms with Crippen molar-refractivity contribution in [2.24, 2.45) is 11.8 Å². The van der Waals surface area contributed by atoms with E-state index in [4.69, 9.17) is 0 Å². The molecule has 3 unspecified atom stereocenters. The number of rotatable bonds is 5. The highest BCUT2D eigenvalue weighted by atomic mass is 32.1. The van der Waals surface area contributed by atoms with E-state index in [0.717, 1.165) is 18.4 Å². The topological polar surface area (TPSA) is 24.9 Å². The molecule has 1 heterocycles. The van der Waals surface area contributed by atoms with Gasteiger partial charge in [-0.05, 0) is 51.5 Å². The van der Waals surface area contributed by atoms with Gasteiger partial charge in [0, 0.05) is 10.9 Å². The van der Waals surface area contributed by atoms with E-state index in [-0.39, 0.29) is 0 Å². The van der Waals surface area contributed by atoms with Gasteiger partial charge in [-0.2, -0.15) is 0 Å². The van der Waals surface area contributed by atoms with Gasteiger partial charge in [-0.15, -0.1) is 11.3 Å². The van der Waals surface area contributed by atoms with E-state index in [2.05, 4.69) is 38.0 Å². The standard InChI is InChI=1S/C16H28N2S/c1-5-9-17-15(14-8-6-7-11(2)10-14)16-12(3)18-13(4)19-16/h11,14-15,17H,5-10H2,1-4H3. The number of aryl methyl sites for hydroxylation is 2. The normalized spacial score (nSPS) is 25.5. The molecule has 0 bridgehead atoms. The quantitative estimate of drug-likeness (QED) is 0.851. The second-order valence-corrected chi connectivity index (χ2v) is 7.38. The number of nitrogens with one attached hydrogen (secondary N) is 1. The molecule has 1 N–H and O–H groups in total. The average Bonchev–Trinajstić information content (AvgIpc) is 2.69. The number of hydrogen-bond acceptors (Lipinski definition) is 3. The second-order valence-electron chi connectivity index (χ2n) is 6.15. The Balaban J connectivity index is 2.17. The Bertz CT molecular complexity index is 399. The van der Waals surface area contributed by atoms with Crippen molar-refractivity contribution < 1.29 is 0 Å². The first kappa shape index (κ1) is 15.0. The summed E-state index contributed by atoms with van der Waals surface area (Å²) in [7, 11) is 0. The SMILES string of the molecule is CCCNC(c1sc(C)nc1C)C1CCCC(C)C1. The zero-order valence-electron chi connectivity index (χ0n) is 12.8. The molecule has 0 radical (unpaired) electrons. The van der Waals surface area contributed by atoms with Crippen LogP contribution in [0.4, 0.5) is 0 Å². The minimum absolute atomic E-state index is 0.536. The summed E-state index contributed by atoms with van der Waals surface area (Å²) in [5, 5.41) is 5.01. The van der Waals surface area contributed by atoms with Crippen LogP contribution in [0.5, 0.6) is 0 Å². The maximum Gasteiger partial charge on any atom is 0.0900 e. The predicted octanol–water partition coefficient (Wildman–Crippen LogP) is 4.63. The highest BCUT2D eigenvalue weighted by Crippen LogP contribution is 2.39. The molecule has 0 aromatic carbocycles. The highest BCUT2D eigenvalue weighted by molar-refractivity contribution is 7.11. The molecular formula is C16H28N2S. The lowest BCUT2D eigenvalue weighted by Crippen LogP contribution is -2.31. The molecule has 0 aliphatic heterocycles. The largest absolute Gasteiger partial charge is 0.309 e. The number of hydrogen-bond donors (Lipinski definition) is 1. The summed E-state index contributed by atoms with van der Waals surface area (Å²) in [5.41, 5.74) is 1.24. The van der Waals surface area contributed by atoms with Crippen LogP contribution in [-0.2, 0) is 0 Å². The molecule has 0 spiro atoms. The van der Waals surface area contributed by atoms with E-state index >= 15 is 0 Å².